The summed E-state index contributed by atoms with van der Waals surface area (Å²) in [6, 6.07) is 3.83. The van der Waals surface area contributed by atoms with E-state index in [2.05, 4.69) is 15.4 Å². The molecule has 3 heterocycles. The SMILES string of the molecule is CC1CCN(C(=O)Cn2nnc(-c3cccs3)n2)CC1O. The maximum absolute atomic E-state index is 12.2. The van der Waals surface area contributed by atoms with E-state index in [1.165, 1.54) is 16.1 Å². The molecule has 0 aromatic carbocycles. The van der Waals surface area contributed by atoms with Gasteiger partial charge in [-0.15, -0.1) is 21.5 Å². The predicted octanol–water partition coefficient (Wildman–Crippen LogP) is 0.631. The fourth-order valence-electron chi connectivity index (χ4n) is 2.31. The molecule has 1 aliphatic rings. The average Bonchev–Trinajstić information content (AvgIpc) is 3.12. The molecule has 1 saturated heterocycles. The van der Waals surface area contributed by atoms with Gasteiger partial charge in [-0.2, -0.15) is 4.80 Å². The van der Waals surface area contributed by atoms with Crippen molar-refractivity contribution in [3.05, 3.63) is 17.5 Å². The number of rotatable bonds is 3. The molecule has 2 atom stereocenters. The van der Waals surface area contributed by atoms with E-state index >= 15 is 0 Å². The Hall–Kier alpha value is -1.80. The summed E-state index contributed by atoms with van der Waals surface area (Å²) in [6.07, 6.45) is 0.367. The van der Waals surface area contributed by atoms with Gasteiger partial charge in [0.1, 0.15) is 6.54 Å². The summed E-state index contributed by atoms with van der Waals surface area (Å²) in [5.41, 5.74) is 0. The third kappa shape index (κ3) is 3.11. The first-order valence-electron chi connectivity index (χ1n) is 6.91. The second-order valence-corrected chi connectivity index (χ2v) is 6.24. The first-order chi connectivity index (χ1) is 10.1. The predicted molar refractivity (Wildman–Crippen MR) is 77.5 cm³/mol. The molecule has 2 aromatic rings. The first-order valence-corrected chi connectivity index (χ1v) is 7.79. The minimum atomic E-state index is -0.451. The summed E-state index contributed by atoms with van der Waals surface area (Å²) in [5, 5.41) is 23.9. The van der Waals surface area contributed by atoms with E-state index < -0.39 is 6.10 Å². The number of hydrogen-bond donors (Lipinski definition) is 1. The van der Waals surface area contributed by atoms with Crippen LogP contribution < -0.4 is 0 Å². The Kier molecular flexibility index (Phi) is 3.98. The van der Waals surface area contributed by atoms with Crippen molar-refractivity contribution in [1.82, 2.24) is 25.1 Å². The van der Waals surface area contributed by atoms with Gasteiger partial charge in [0.25, 0.3) is 0 Å². The van der Waals surface area contributed by atoms with Gasteiger partial charge in [0.2, 0.25) is 11.7 Å². The molecule has 0 saturated carbocycles. The third-order valence-electron chi connectivity index (χ3n) is 3.74. The maximum atomic E-state index is 12.2. The number of aromatic nitrogens is 4. The quantitative estimate of drug-likeness (QED) is 0.899. The number of carbonyl (C=O) groups excluding carboxylic acids is 1. The van der Waals surface area contributed by atoms with E-state index in [4.69, 9.17) is 0 Å². The van der Waals surface area contributed by atoms with Crippen LogP contribution in [0.4, 0.5) is 0 Å². The molecular formula is C13H17N5O2S. The molecule has 8 heteroatoms. The maximum Gasteiger partial charge on any atom is 0.246 e. The number of piperidine rings is 1. The zero-order valence-corrected chi connectivity index (χ0v) is 12.5. The van der Waals surface area contributed by atoms with Gasteiger partial charge in [0.15, 0.2) is 0 Å². The second-order valence-electron chi connectivity index (χ2n) is 5.29. The highest BCUT2D eigenvalue weighted by molar-refractivity contribution is 7.13. The van der Waals surface area contributed by atoms with Gasteiger partial charge in [-0.25, -0.2) is 0 Å². The summed E-state index contributed by atoms with van der Waals surface area (Å²) in [5.74, 6) is 0.685. The topological polar surface area (TPSA) is 84.1 Å². The van der Waals surface area contributed by atoms with E-state index in [0.717, 1.165) is 11.3 Å². The van der Waals surface area contributed by atoms with Crippen molar-refractivity contribution in [2.24, 2.45) is 5.92 Å². The van der Waals surface area contributed by atoms with Crippen molar-refractivity contribution < 1.29 is 9.90 Å². The van der Waals surface area contributed by atoms with Crippen molar-refractivity contribution >= 4 is 17.2 Å². The van der Waals surface area contributed by atoms with Gasteiger partial charge in [-0.05, 0) is 29.0 Å². The van der Waals surface area contributed by atoms with Crippen molar-refractivity contribution in [1.29, 1.82) is 0 Å². The van der Waals surface area contributed by atoms with Gasteiger partial charge >= 0.3 is 0 Å². The molecule has 112 valence electrons. The Morgan fingerprint density at radius 2 is 2.43 bits per heavy atom. The average molecular weight is 307 g/mol. The van der Waals surface area contributed by atoms with Crippen LogP contribution in [0.5, 0.6) is 0 Å². The summed E-state index contributed by atoms with van der Waals surface area (Å²) >= 11 is 1.53. The number of hydrogen-bond acceptors (Lipinski definition) is 6. The number of thiophene rings is 1. The summed E-state index contributed by atoms with van der Waals surface area (Å²) < 4.78 is 0. The lowest BCUT2D eigenvalue weighted by Crippen LogP contribution is -2.47. The molecule has 0 bridgehead atoms. The van der Waals surface area contributed by atoms with Gasteiger partial charge in [0.05, 0.1) is 11.0 Å². The monoisotopic (exact) mass is 307 g/mol. The number of aliphatic hydroxyl groups is 1. The van der Waals surface area contributed by atoms with Crippen LogP contribution in [0.2, 0.25) is 0 Å². The Morgan fingerprint density at radius 3 is 3.14 bits per heavy atom. The first kappa shape index (κ1) is 14.2. The van der Waals surface area contributed by atoms with Crippen molar-refractivity contribution in [3.8, 4) is 10.7 Å². The molecule has 3 rings (SSSR count). The Balaban J connectivity index is 1.63. The normalized spacial score (nSPS) is 22.5. The fraction of sp³-hybridized carbons (Fsp3) is 0.538. The van der Waals surface area contributed by atoms with Crippen LogP contribution in [0.1, 0.15) is 13.3 Å². The number of carbonyl (C=O) groups is 1. The van der Waals surface area contributed by atoms with Crippen LogP contribution in [0.25, 0.3) is 10.7 Å². The van der Waals surface area contributed by atoms with Gasteiger partial charge < -0.3 is 10.0 Å². The van der Waals surface area contributed by atoms with Crippen molar-refractivity contribution in [2.75, 3.05) is 13.1 Å². The Morgan fingerprint density at radius 1 is 1.57 bits per heavy atom. The molecular weight excluding hydrogens is 290 g/mol. The molecule has 0 spiro atoms. The summed E-state index contributed by atoms with van der Waals surface area (Å²) in [4.78, 5) is 16.1. The van der Waals surface area contributed by atoms with Crippen LogP contribution in [0.15, 0.2) is 17.5 Å². The number of likely N-dealkylation sites (tertiary alicyclic amines) is 1. The second kappa shape index (κ2) is 5.90. The zero-order chi connectivity index (χ0) is 14.8. The highest BCUT2D eigenvalue weighted by atomic mass is 32.1. The van der Waals surface area contributed by atoms with E-state index in [9.17, 15) is 9.90 Å². The standard InChI is InChI=1S/C13H17N5O2S/c1-9-4-5-17(7-10(9)19)12(20)8-18-15-13(14-16-18)11-3-2-6-21-11/h2-3,6,9-10,19H,4-5,7-8H2,1H3. The van der Waals surface area contributed by atoms with E-state index in [1.807, 2.05) is 24.4 Å². The highest BCUT2D eigenvalue weighted by Gasteiger charge is 2.27. The number of amides is 1. The van der Waals surface area contributed by atoms with Gasteiger partial charge in [0, 0.05) is 13.1 Å². The van der Waals surface area contributed by atoms with Crippen molar-refractivity contribution in [3.63, 3.8) is 0 Å². The number of β-amino-alcohol motifs (C(OH)–C–C–N with tert-alkyl or cyclic N) is 1. The lowest BCUT2D eigenvalue weighted by atomic mass is 9.96. The Labute approximate surface area is 126 Å². The van der Waals surface area contributed by atoms with Crippen LogP contribution in [-0.4, -0.2) is 55.3 Å². The number of nitrogens with zero attached hydrogens (tertiary/aromatic N) is 5. The molecule has 2 aromatic heterocycles. The number of tetrazole rings is 1. The van der Waals surface area contributed by atoms with Gasteiger partial charge in [-0.1, -0.05) is 13.0 Å². The summed E-state index contributed by atoms with van der Waals surface area (Å²) in [7, 11) is 0. The highest BCUT2D eigenvalue weighted by Crippen LogP contribution is 2.20. The molecule has 1 N–H and O–H groups in total. The summed E-state index contributed by atoms with van der Waals surface area (Å²) in [6.45, 7) is 3.11. The molecule has 0 aliphatic carbocycles. The minimum Gasteiger partial charge on any atom is -0.391 e. The van der Waals surface area contributed by atoms with E-state index in [0.29, 0.717) is 18.9 Å². The van der Waals surface area contributed by atoms with Crippen LogP contribution in [-0.2, 0) is 11.3 Å². The fourth-order valence-corrected chi connectivity index (χ4v) is 2.96. The molecule has 1 aliphatic heterocycles. The molecule has 0 radical (unpaired) electrons. The smallest absolute Gasteiger partial charge is 0.246 e. The minimum absolute atomic E-state index is 0.0550. The van der Waals surface area contributed by atoms with Gasteiger partial charge in [-0.3, -0.25) is 4.79 Å². The lowest BCUT2D eigenvalue weighted by Gasteiger charge is -2.34. The molecule has 21 heavy (non-hydrogen) atoms. The molecule has 7 nitrogen and oxygen atoms in total. The zero-order valence-electron chi connectivity index (χ0n) is 11.7. The molecule has 2 unspecified atom stereocenters. The molecule has 1 amide bonds. The number of aliphatic hydroxyl groups excluding tert-OH is 1. The van der Waals surface area contributed by atoms with E-state index in [-0.39, 0.29) is 18.4 Å². The molecule has 1 fully saturated rings. The van der Waals surface area contributed by atoms with Crippen LogP contribution in [0.3, 0.4) is 0 Å². The lowest BCUT2D eigenvalue weighted by molar-refractivity contribution is -0.136. The largest absolute Gasteiger partial charge is 0.391 e. The van der Waals surface area contributed by atoms with Crippen molar-refractivity contribution in [2.45, 2.75) is 26.0 Å². The van der Waals surface area contributed by atoms with Crippen LogP contribution >= 0.6 is 11.3 Å². The van der Waals surface area contributed by atoms with E-state index in [1.54, 1.807) is 4.90 Å². The Bertz CT molecular complexity index is 612. The third-order valence-corrected chi connectivity index (χ3v) is 4.61. The van der Waals surface area contributed by atoms with Crippen LogP contribution in [0, 0.1) is 5.92 Å².